The van der Waals surface area contributed by atoms with E-state index in [4.69, 9.17) is 0 Å². The standard InChI is InChI=1S/C31H36F3N5O4/c1-29(2,3)25(37-22(40)12-31(32,33)34)27(42)38-14-19-16-8-9-17(10-16)23(19)24(38)26(41)39-15-30(11-18(39)13-35)20-6-4-5-7-21(20)36-28(30)43/h4-7,16-19,23-25H,8-12,14-15H2,1-3H3,(H,36,43)(H,37,40)/t16-,17+,18+,19-,23+,24+,25-,30+/m1/s1. The number of hydrogen-bond acceptors (Lipinski definition) is 5. The number of fused-ring (bicyclic) bond motifs is 7. The number of carbonyl (C=O) groups excluding carboxylic acids is 4. The summed E-state index contributed by atoms with van der Waals surface area (Å²) in [5.74, 6) is -2.15. The molecular formula is C31H36F3N5O4. The second-order valence-corrected chi connectivity index (χ2v) is 14.1. The van der Waals surface area contributed by atoms with Crippen molar-refractivity contribution in [3.8, 4) is 6.07 Å². The van der Waals surface area contributed by atoms with Gasteiger partial charge in [0.15, 0.2) is 0 Å². The lowest BCUT2D eigenvalue weighted by Gasteiger charge is -2.38. The molecule has 3 heterocycles. The molecule has 2 saturated heterocycles. The molecule has 0 radical (unpaired) electrons. The van der Waals surface area contributed by atoms with Crippen LogP contribution < -0.4 is 10.6 Å². The first-order valence-electron chi connectivity index (χ1n) is 14.9. The van der Waals surface area contributed by atoms with Crippen molar-refractivity contribution in [1.29, 1.82) is 5.26 Å². The predicted octanol–water partition coefficient (Wildman–Crippen LogP) is 3.36. The van der Waals surface area contributed by atoms with E-state index in [9.17, 15) is 37.6 Å². The Morgan fingerprint density at radius 3 is 2.51 bits per heavy atom. The molecule has 43 heavy (non-hydrogen) atoms. The van der Waals surface area contributed by atoms with Gasteiger partial charge in [-0.2, -0.15) is 18.4 Å². The Morgan fingerprint density at radius 2 is 1.84 bits per heavy atom. The summed E-state index contributed by atoms with van der Waals surface area (Å²) >= 11 is 0. The molecule has 6 rings (SSSR count). The van der Waals surface area contributed by atoms with Gasteiger partial charge >= 0.3 is 6.18 Å². The molecule has 230 valence electrons. The van der Waals surface area contributed by atoms with Gasteiger partial charge in [-0.25, -0.2) is 0 Å². The minimum absolute atomic E-state index is 0.0120. The minimum Gasteiger partial charge on any atom is -0.344 e. The van der Waals surface area contributed by atoms with Crippen molar-refractivity contribution >= 4 is 29.3 Å². The maximum absolute atomic E-state index is 14.6. The number of anilines is 1. The highest BCUT2D eigenvalue weighted by atomic mass is 19.4. The Morgan fingerprint density at radius 1 is 1.14 bits per heavy atom. The quantitative estimate of drug-likeness (QED) is 0.550. The van der Waals surface area contributed by atoms with Crippen LogP contribution in [0.1, 0.15) is 58.4 Å². The zero-order valence-electron chi connectivity index (χ0n) is 24.4. The third-order valence-electron chi connectivity index (χ3n) is 10.5. The maximum atomic E-state index is 14.6. The third-order valence-corrected chi connectivity index (χ3v) is 10.5. The number of rotatable bonds is 4. The molecule has 4 fully saturated rings. The molecule has 2 aliphatic carbocycles. The number of nitrogens with one attached hydrogen (secondary N) is 2. The number of nitrogens with zero attached hydrogens (tertiary/aromatic N) is 3. The molecule has 9 nitrogen and oxygen atoms in total. The van der Waals surface area contributed by atoms with Crippen molar-refractivity contribution in [2.75, 3.05) is 18.4 Å². The number of carbonyl (C=O) groups is 4. The normalized spacial score (nSPS) is 33.3. The summed E-state index contributed by atoms with van der Waals surface area (Å²) in [6.07, 6.45) is -3.46. The van der Waals surface area contributed by atoms with Crippen LogP contribution >= 0.6 is 0 Å². The Hall–Kier alpha value is -3.62. The van der Waals surface area contributed by atoms with Crippen LogP contribution in [0.25, 0.3) is 0 Å². The van der Waals surface area contributed by atoms with Crippen molar-refractivity contribution in [1.82, 2.24) is 15.1 Å². The Labute approximate surface area is 248 Å². The van der Waals surface area contributed by atoms with Gasteiger partial charge < -0.3 is 20.4 Å². The number of alkyl halides is 3. The summed E-state index contributed by atoms with van der Waals surface area (Å²) in [6.45, 7) is 5.23. The summed E-state index contributed by atoms with van der Waals surface area (Å²) in [6, 6.07) is 6.31. The van der Waals surface area contributed by atoms with Crippen LogP contribution in [0.4, 0.5) is 18.9 Å². The van der Waals surface area contributed by atoms with Gasteiger partial charge in [0, 0.05) is 25.2 Å². The molecule has 12 heteroatoms. The molecule has 1 aromatic rings. The molecule has 2 saturated carbocycles. The van der Waals surface area contributed by atoms with E-state index in [0.29, 0.717) is 11.6 Å². The van der Waals surface area contributed by atoms with Crippen molar-refractivity contribution in [3.63, 3.8) is 0 Å². The van der Waals surface area contributed by atoms with Crippen LogP contribution in [-0.2, 0) is 24.6 Å². The zero-order chi connectivity index (χ0) is 31.1. The highest BCUT2D eigenvalue weighted by Gasteiger charge is 2.63. The molecule has 4 amide bonds. The van der Waals surface area contributed by atoms with Gasteiger partial charge in [-0.05, 0) is 60.0 Å². The fraction of sp³-hybridized carbons (Fsp3) is 0.645. The van der Waals surface area contributed by atoms with Crippen molar-refractivity contribution in [3.05, 3.63) is 29.8 Å². The fourth-order valence-corrected chi connectivity index (χ4v) is 8.66. The van der Waals surface area contributed by atoms with Crippen LogP contribution in [0, 0.1) is 40.4 Å². The largest absolute Gasteiger partial charge is 0.397 e. The van der Waals surface area contributed by atoms with E-state index >= 15 is 0 Å². The molecule has 3 aliphatic heterocycles. The number of para-hydroxylation sites is 1. The zero-order valence-corrected chi connectivity index (χ0v) is 24.4. The Bertz CT molecular complexity index is 1420. The molecule has 2 N–H and O–H groups in total. The molecule has 2 bridgehead atoms. The maximum Gasteiger partial charge on any atom is 0.397 e. The summed E-state index contributed by atoms with van der Waals surface area (Å²) < 4.78 is 39.0. The lowest BCUT2D eigenvalue weighted by molar-refractivity contribution is -0.157. The SMILES string of the molecule is CC(C)(C)[C@H](NC(=O)CC(F)(F)F)C(=O)N1C[C@@H]2[C@@H]3CC[C@@H](C3)[C@@H]2[C@H]1C(=O)N1C[C@]2(C[C@H]1C#N)C(=O)Nc1ccccc12. The van der Waals surface area contributed by atoms with Gasteiger partial charge in [0.25, 0.3) is 0 Å². The first-order chi connectivity index (χ1) is 20.1. The smallest absolute Gasteiger partial charge is 0.344 e. The molecule has 0 aromatic heterocycles. The lowest BCUT2D eigenvalue weighted by Crippen LogP contribution is -2.59. The van der Waals surface area contributed by atoms with Crippen molar-refractivity contribution in [2.45, 2.75) is 82.6 Å². The van der Waals surface area contributed by atoms with E-state index in [0.717, 1.165) is 24.8 Å². The van der Waals surface area contributed by atoms with Crippen LogP contribution in [-0.4, -0.2) is 70.8 Å². The van der Waals surface area contributed by atoms with Gasteiger partial charge in [0.05, 0.1) is 11.5 Å². The average molecular weight is 600 g/mol. The molecule has 1 aromatic carbocycles. The van der Waals surface area contributed by atoms with Gasteiger partial charge in [-0.3, -0.25) is 19.2 Å². The average Bonchev–Trinajstić information content (AvgIpc) is 3.72. The van der Waals surface area contributed by atoms with Gasteiger partial charge in [0.2, 0.25) is 23.6 Å². The first-order valence-corrected chi connectivity index (χ1v) is 14.9. The van der Waals surface area contributed by atoms with Crippen LogP contribution in [0.5, 0.6) is 0 Å². The summed E-state index contributed by atoms with van der Waals surface area (Å²) in [7, 11) is 0. The number of benzene rings is 1. The number of hydrogen-bond donors (Lipinski definition) is 2. The monoisotopic (exact) mass is 599 g/mol. The molecular weight excluding hydrogens is 563 g/mol. The molecule has 0 unspecified atom stereocenters. The lowest BCUT2D eigenvalue weighted by atomic mass is 9.78. The highest BCUT2D eigenvalue weighted by molar-refractivity contribution is 6.07. The minimum atomic E-state index is -4.74. The van der Waals surface area contributed by atoms with Crippen LogP contribution in [0.15, 0.2) is 24.3 Å². The Kier molecular flexibility index (Phi) is 6.82. The summed E-state index contributed by atoms with van der Waals surface area (Å²) in [5.41, 5.74) is -0.658. The van der Waals surface area contributed by atoms with Gasteiger partial charge in [-0.1, -0.05) is 39.0 Å². The number of halogens is 3. The predicted molar refractivity (Wildman–Crippen MR) is 148 cm³/mol. The van der Waals surface area contributed by atoms with Crippen LogP contribution in [0.2, 0.25) is 0 Å². The molecule has 8 atom stereocenters. The van der Waals surface area contributed by atoms with E-state index in [1.54, 1.807) is 32.9 Å². The number of nitriles is 1. The molecule has 5 aliphatic rings. The van der Waals surface area contributed by atoms with E-state index in [-0.39, 0.29) is 43.2 Å². The Balaban J connectivity index is 1.33. The van der Waals surface area contributed by atoms with Gasteiger partial charge in [-0.15, -0.1) is 0 Å². The van der Waals surface area contributed by atoms with E-state index in [2.05, 4.69) is 16.7 Å². The number of amides is 4. The van der Waals surface area contributed by atoms with E-state index in [1.807, 2.05) is 12.1 Å². The second kappa shape index (κ2) is 9.96. The van der Waals surface area contributed by atoms with E-state index in [1.165, 1.54) is 9.80 Å². The first kappa shape index (κ1) is 29.5. The fourth-order valence-electron chi connectivity index (χ4n) is 8.66. The summed E-state index contributed by atoms with van der Waals surface area (Å²) in [4.78, 5) is 57.4. The van der Waals surface area contributed by atoms with E-state index < -0.39 is 59.3 Å². The topological polar surface area (TPSA) is 123 Å². The van der Waals surface area contributed by atoms with Gasteiger partial charge in [0.1, 0.15) is 24.5 Å². The second-order valence-electron chi connectivity index (χ2n) is 14.1. The van der Waals surface area contributed by atoms with Crippen molar-refractivity contribution in [2.24, 2.45) is 29.1 Å². The third kappa shape index (κ3) is 4.75. The molecule has 1 spiro atoms. The highest BCUT2D eigenvalue weighted by Crippen LogP contribution is 2.58. The number of likely N-dealkylation sites (tertiary alicyclic amines) is 2. The summed E-state index contributed by atoms with van der Waals surface area (Å²) in [5, 5.41) is 15.4. The van der Waals surface area contributed by atoms with Crippen LogP contribution in [0.3, 0.4) is 0 Å². The van der Waals surface area contributed by atoms with Crippen molar-refractivity contribution < 1.29 is 32.3 Å².